The van der Waals surface area contributed by atoms with Gasteiger partial charge in [0.05, 0.1) is 17.6 Å². The molecule has 0 fully saturated rings. The maximum atomic E-state index is 13.6. The second kappa shape index (κ2) is 8.43. The maximum Gasteiger partial charge on any atom is 0.269 e. The van der Waals surface area contributed by atoms with Crippen LogP contribution in [-0.2, 0) is 6.42 Å². The molecule has 0 unspecified atom stereocenters. The molecule has 0 saturated carbocycles. The molecule has 0 bridgehead atoms. The topological polar surface area (TPSA) is 88.5 Å². The van der Waals surface area contributed by atoms with E-state index in [9.17, 15) is 14.9 Å². The van der Waals surface area contributed by atoms with Gasteiger partial charge in [-0.1, -0.05) is 30.3 Å². The molecule has 7 heteroatoms. The van der Waals surface area contributed by atoms with Gasteiger partial charge in [0, 0.05) is 40.8 Å². The van der Waals surface area contributed by atoms with E-state index in [0.717, 1.165) is 28.9 Å². The summed E-state index contributed by atoms with van der Waals surface area (Å²) < 4.78 is 5.60. The SMILES string of the molecule is CCOc1ccc([C@@H]2c3[nH]c4ccccc4c3CCN2C(=O)c2ccc([N+](=O)[O-])cc2)cc1. The van der Waals surface area contributed by atoms with Gasteiger partial charge in [0.1, 0.15) is 5.75 Å². The first-order valence-electron chi connectivity index (χ1n) is 10.9. The molecule has 1 N–H and O–H groups in total. The molecule has 0 spiro atoms. The predicted molar refractivity (Wildman–Crippen MR) is 126 cm³/mol. The molecule has 7 nitrogen and oxygen atoms in total. The summed E-state index contributed by atoms with van der Waals surface area (Å²) in [5.74, 6) is 0.621. The summed E-state index contributed by atoms with van der Waals surface area (Å²) in [7, 11) is 0. The van der Waals surface area contributed by atoms with Gasteiger partial charge in [0.2, 0.25) is 0 Å². The maximum absolute atomic E-state index is 13.6. The van der Waals surface area contributed by atoms with Crippen molar-refractivity contribution < 1.29 is 14.5 Å². The van der Waals surface area contributed by atoms with Crippen molar-refractivity contribution >= 4 is 22.5 Å². The zero-order valence-corrected chi connectivity index (χ0v) is 18.2. The van der Waals surface area contributed by atoms with Gasteiger partial charge in [0.15, 0.2) is 0 Å². The molecule has 3 aromatic carbocycles. The van der Waals surface area contributed by atoms with E-state index >= 15 is 0 Å². The third-order valence-electron chi connectivity index (χ3n) is 6.13. The lowest BCUT2D eigenvalue weighted by molar-refractivity contribution is -0.384. The normalized spacial score (nSPS) is 15.3. The molecule has 1 amide bonds. The highest BCUT2D eigenvalue weighted by Crippen LogP contribution is 2.39. The lowest BCUT2D eigenvalue weighted by Gasteiger charge is -2.36. The molecule has 166 valence electrons. The molecule has 2 heterocycles. The van der Waals surface area contributed by atoms with Gasteiger partial charge >= 0.3 is 0 Å². The fourth-order valence-electron chi connectivity index (χ4n) is 4.61. The molecule has 33 heavy (non-hydrogen) atoms. The van der Waals surface area contributed by atoms with Crippen molar-refractivity contribution in [2.24, 2.45) is 0 Å². The highest BCUT2D eigenvalue weighted by molar-refractivity contribution is 5.96. The second-order valence-electron chi connectivity index (χ2n) is 8.02. The number of nitro benzene ring substituents is 1. The molecule has 0 saturated heterocycles. The van der Waals surface area contributed by atoms with Crippen LogP contribution >= 0.6 is 0 Å². The second-order valence-corrected chi connectivity index (χ2v) is 8.02. The summed E-state index contributed by atoms with van der Waals surface area (Å²) in [5, 5.41) is 12.2. The number of fused-ring (bicyclic) bond motifs is 3. The van der Waals surface area contributed by atoms with Crippen molar-refractivity contribution in [3.05, 3.63) is 105 Å². The third kappa shape index (κ3) is 3.71. The Hall–Kier alpha value is -4.13. The fraction of sp³-hybridized carbons (Fsp3) is 0.192. The number of aromatic nitrogens is 1. The molecule has 1 aliphatic heterocycles. The van der Waals surface area contributed by atoms with Gasteiger partial charge in [-0.2, -0.15) is 0 Å². The predicted octanol–water partition coefficient (Wildman–Crippen LogP) is 5.26. The monoisotopic (exact) mass is 441 g/mol. The highest BCUT2D eigenvalue weighted by Gasteiger charge is 2.35. The van der Waals surface area contributed by atoms with Crippen LogP contribution in [0.5, 0.6) is 5.75 Å². The summed E-state index contributed by atoms with van der Waals surface area (Å²) in [6, 6.07) is 21.5. The van der Waals surface area contributed by atoms with Crippen molar-refractivity contribution in [3.63, 3.8) is 0 Å². The van der Waals surface area contributed by atoms with Crippen molar-refractivity contribution in [1.29, 1.82) is 0 Å². The van der Waals surface area contributed by atoms with E-state index in [0.29, 0.717) is 18.7 Å². The number of nitrogens with zero attached hydrogens (tertiary/aromatic N) is 2. The average molecular weight is 441 g/mol. The van der Waals surface area contributed by atoms with Crippen molar-refractivity contribution in [3.8, 4) is 5.75 Å². The van der Waals surface area contributed by atoms with E-state index in [-0.39, 0.29) is 17.6 Å². The van der Waals surface area contributed by atoms with E-state index in [1.807, 2.05) is 54.3 Å². The van der Waals surface area contributed by atoms with E-state index in [1.165, 1.54) is 35.2 Å². The minimum atomic E-state index is -0.464. The molecule has 1 aliphatic rings. The van der Waals surface area contributed by atoms with Gasteiger partial charge in [-0.05, 0) is 54.8 Å². The first-order chi connectivity index (χ1) is 16.1. The van der Waals surface area contributed by atoms with Crippen LogP contribution in [0, 0.1) is 10.1 Å². The van der Waals surface area contributed by atoms with Crippen molar-refractivity contribution in [2.75, 3.05) is 13.2 Å². The van der Waals surface area contributed by atoms with Gasteiger partial charge < -0.3 is 14.6 Å². The number of nitro groups is 1. The number of benzene rings is 3. The first kappa shape index (κ1) is 20.8. The summed E-state index contributed by atoms with van der Waals surface area (Å²) in [6.45, 7) is 3.07. The van der Waals surface area contributed by atoms with Gasteiger partial charge in [-0.3, -0.25) is 14.9 Å². The molecular weight excluding hydrogens is 418 g/mol. The lowest BCUT2D eigenvalue weighted by Crippen LogP contribution is -2.40. The summed E-state index contributed by atoms with van der Waals surface area (Å²) in [4.78, 5) is 29.5. The number of para-hydroxylation sites is 1. The molecule has 0 aliphatic carbocycles. The molecule has 1 atom stereocenters. The highest BCUT2D eigenvalue weighted by atomic mass is 16.6. The van der Waals surface area contributed by atoms with Crippen LogP contribution in [0.1, 0.15) is 40.1 Å². The number of hydrogen-bond acceptors (Lipinski definition) is 4. The minimum Gasteiger partial charge on any atom is -0.494 e. The van der Waals surface area contributed by atoms with Crippen LogP contribution in [0.15, 0.2) is 72.8 Å². The Morgan fingerprint density at radius 3 is 2.52 bits per heavy atom. The lowest BCUT2D eigenvalue weighted by atomic mass is 9.91. The van der Waals surface area contributed by atoms with E-state index in [4.69, 9.17) is 4.74 Å². The Morgan fingerprint density at radius 1 is 1.09 bits per heavy atom. The van der Waals surface area contributed by atoms with Gasteiger partial charge in [0.25, 0.3) is 11.6 Å². The van der Waals surface area contributed by atoms with Crippen molar-refractivity contribution in [1.82, 2.24) is 9.88 Å². The van der Waals surface area contributed by atoms with Crippen LogP contribution in [0.4, 0.5) is 5.69 Å². The van der Waals surface area contributed by atoms with Crippen LogP contribution in [-0.4, -0.2) is 33.9 Å². The van der Waals surface area contributed by atoms with Crippen LogP contribution in [0.25, 0.3) is 10.9 Å². The Kier molecular flexibility index (Phi) is 5.30. The van der Waals surface area contributed by atoms with Gasteiger partial charge in [-0.25, -0.2) is 0 Å². The minimum absolute atomic E-state index is 0.0360. The van der Waals surface area contributed by atoms with Crippen molar-refractivity contribution in [2.45, 2.75) is 19.4 Å². The molecule has 1 aromatic heterocycles. The number of non-ortho nitro benzene ring substituents is 1. The number of nitrogens with one attached hydrogen (secondary N) is 1. The zero-order valence-electron chi connectivity index (χ0n) is 18.2. The summed E-state index contributed by atoms with van der Waals surface area (Å²) >= 11 is 0. The van der Waals surface area contributed by atoms with E-state index in [2.05, 4.69) is 11.1 Å². The number of hydrogen-bond donors (Lipinski definition) is 1. The number of amides is 1. The standard InChI is InChI=1S/C26H23N3O4/c1-2-33-20-13-9-17(10-14-20)25-24-22(21-5-3-4-6-23(21)27-24)15-16-28(25)26(30)18-7-11-19(12-8-18)29(31)32/h3-14,25,27H,2,15-16H2,1H3/t25-/m1/s1. The molecular formula is C26H23N3O4. The summed E-state index contributed by atoms with van der Waals surface area (Å²) in [5.41, 5.74) is 4.63. The number of aromatic amines is 1. The molecule has 4 aromatic rings. The molecule has 0 radical (unpaired) electrons. The molecule has 5 rings (SSSR count). The van der Waals surface area contributed by atoms with Crippen LogP contribution < -0.4 is 4.74 Å². The Morgan fingerprint density at radius 2 is 1.82 bits per heavy atom. The Bertz CT molecular complexity index is 1330. The smallest absolute Gasteiger partial charge is 0.269 e. The van der Waals surface area contributed by atoms with E-state index in [1.54, 1.807) is 0 Å². The largest absolute Gasteiger partial charge is 0.494 e. The Labute approximate surface area is 190 Å². The third-order valence-corrected chi connectivity index (χ3v) is 6.13. The Balaban J connectivity index is 1.59. The van der Waals surface area contributed by atoms with Gasteiger partial charge in [-0.15, -0.1) is 0 Å². The average Bonchev–Trinajstić information content (AvgIpc) is 3.22. The number of H-pyrrole nitrogens is 1. The number of rotatable bonds is 5. The first-order valence-corrected chi connectivity index (χ1v) is 10.9. The zero-order chi connectivity index (χ0) is 22.9. The quantitative estimate of drug-likeness (QED) is 0.338. The van der Waals surface area contributed by atoms with E-state index < -0.39 is 4.92 Å². The number of ether oxygens (including phenoxy) is 1. The number of carbonyl (C=O) groups excluding carboxylic acids is 1. The fourth-order valence-corrected chi connectivity index (χ4v) is 4.61. The number of carbonyl (C=O) groups is 1. The summed E-state index contributed by atoms with van der Waals surface area (Å²) in [6.07, 6.45) is 0.728. The van der Waals surface area contributed by atoms with Crippen LogP contribution in [0.3, 0.4) is 0 Å². The van der Waals surface area contributed by atoms with Crippen LogP contribution in [0.2, 0.25) is 0 Å².